The molecule has 2 N–H and O–H groups in total. The SMILES string of the molecule is Cc1ccc(C=CC(=O)NNC(=O)COc2ccc(Br)c(C)c2)cc1. The van der Waals surface area contributed by atoms with Crippen molar-refractivity contribution in [2.45, 2.75) is 13.8 Å². The summed E-state index contributed by atoms with van der Waals surface area (Å²) in [5, 5.41) is 0. The molecule has 0 aliphatic carbocycles. The lowest BCUT2D eigenvalue weighted by Crippen LogP contribution is -2.43. The van der Waals surface area contributed by atoms with E-state index in [1.165, 1.54) is 6.08 Å². The number of nitrogens with one attached hydrogen (secondary N) is 2. The molecule has 25 heavy (non-hydrogen) atoms. The summed E-state index contributed by atoms with van der Waals surface area (Å²) in [4.78, 5) is 23.4. The fraction of sp³-hybridized carbons (Fsp3) is 0.158. The zero-order valence-electron chi connectivity index (χ0n) is 14.0. The predicted octanol–water partition coefficient (Wildman–Crippen LogP) is 3.31. The minimum absolute atomic E-state index is 0.191. The Morgan fingerprint density at radius 1 is 1.08 bits per heavy atom. The highest BCUT2D eigenvalue weighted by Crippen LogP contribution is 2.21. The van der Waals surface area contributed by atoms with Crippen LogP contribution in [0.2, 0.25) is 0 Å². The van der Waals surface area contributed by atoms with E-state index in [1.54, 1.807) is 12.1 Å². The van der Waals surface area contributed by atoms with Gasteiger partial charge in [-0.25, -0.2) is 0 Å². The van der Waals surface area contributed by atoms with Crippen LogP contribution in [0.5, 0.6) is 5.75 Å². The summed E-state index contributed by atoms with van der Waals surface area (Å²) in [6, 6.07) is 13.2. The summed E-state index contributed by atoms with van der Waals surface area (Å²) in [6.45, 7) is 3.73. The van der Waals surface area contributed by atoms with Crippen molar-refractivity contribution in [1.82, 2.24) is 10.9 Å². The maximum absolute atomic E-state index is 11.7. The van der Waals surface area contributed by atoms with E-state index in [9.17, 15) is 9.59 Å². The Morgan fingerprint density at radius 2 is 1.80 bits per heavy atom. The van der Waals surface area contributed by atoms with Crippen molar-refractivity contribution in [3.8, 4) is 5.75 Å². The number of carbonyl (C=O) groups is 2. The molecule has 2 aromatic carbocycles. The minimum atomic E-state index is -0.447. The molecular weight excluding hydrogens is 384 g/mol. The number of ether oxygens (including phenoxy) is 1. The Balaban J connectivity index is 1.74. The average molecular weight is 403 g/mol. The number of hydrogen-bond acceptors (Lipinski definition) is 3. The first kappa shape index (κ1) is 18.7. The maximum atomic E-state index is 11.7. The molecular formula is C19H19BrN2O3. The fourth-order valence-corrected chi connectivity index (χ4v) is 2.16. The summed E-state index contributed by atoms with van der Waals surface area (Å²) >= 11 is 3.40. The number of aryl methyl sites for hydroxylation is 2. The molecule has 2 rings (SSSR count). The van der Waals surface area contributed by atoms with Crippen LogP contribution in [0.4, 0.5) is 0 Å². The Kier molecular flexibility index (Phi) is 6.77. The number of halogens is 1. The molecule has 0 aliphatic heterocycles. The second-order valence-corrected chi connectivity index (χ2v) is 6.34. The molecule has 0 aromatic heterocycles. The normalized spacial score (nSPS) is 10.5. The first-order chi connectivity index (χ1) is 11.9. The monoisotopic (exact) mass is 402 g/mol. The number of benzene rings is 2. The van der Waals surface area contributed by atoms with Gasteiger partial charge in [-0.05, 0) is 49.2 Å². The third-order valence-electron chi connectivity index (χ3n) is 3.33. The van der Waals surface area contributed by atoms with Gasteiger partial charge in [-0.1, -0.05) is 45.8 Å². The van der Waals surface area contributed by atoms with Crippen LogP contribution in [-0.2, 0) is 9.59 Å². The van der Waals surface area contributed by atoms with E-state index in [0.717, 1.165) is 21.2 Å². The van der Waals surface area contributed by atoms with E-state index in [-0.39, 0.29) is 6.61 Å². The molecule has 0 fully saturated rings. The molecule has 6 heteroatoms. The number of rotatable bonds is 5. The van der Waals surface area contributed by atoms with Crippen LogP contribution < -0.4 is 15.6 Å². The maximum Gasteiger partial charge on any atom is 0.276 e. The van der Waals surface area contributed by atoms with Crippen molar-refractivity contribution in [1.29, 1.82) is 0 Å². The summed E-state index contributed by atoms with van der Waals surface area (Å²) < 4.78 is 6.34. The smallest absolute Gasteiger partial charge is 0.276 e. The molecule has 0 radical (unpaired) electrons. The van der Waals surface area contributed by atoms with Crippen LogP contribution in [0.15, 0.2) is 53.0 Å². The van der Waals surface area contributed by atoms with Crippen molar-refractivity contribution < 1.29 is 14.3 Å². The first-order valence-corrected chi connectivity index (χ1v) is 8.46. The van der Waals surface area contributed by atoms with Crippen molar-refractivity contribution in [2.24, 2.45) is 0 Å². The van der Waals surface area contributed by atoms with E-state index < -0.39 is 11.8 Å². The molecule has 0 unspecified atom stereocenters. The molecule has 0 saturated heterocycles. The summed E-state index contributed by atoms with van der Waals surface area (Å²) in [7, 11) is 0. The van der Waals surface area contributed by atoms with E-state index in [4.69, 9.17) is 4.74 Å². The number of amides is 2. The van der Waals surface area contributed by atoms with Crippen LogP contribution in [0.3, 0.4) is 0 Å². The Morgan fingerprint density at radius 3 is 2.48 bits per heavy atom. The highest BCUT2D eigenvalue weighted by molar-refractivity contribution is 9.10. The molecule has 130 valence electrons. The molecule has 0 saturated carbocycles. The van der Waals surface area contributed by atoms with Crippen molar-refractivity contribution in [3.05, 3.63) is 69.7 Å². The van der Waals surface area contributed by atoms with Crippen molar-refractivity contribution in [2.75, 3.05) is 6.61 Å². The van der Waals surface area contributed by atoms with Gasteiger partial charge in [-0.15, -0.1) is 0 Å². The van der Waals surface area contributed by atoms with Crippen molar-refractivity contribution >= 4 is 33.8 Å². The molecule has 5 nitrogen and oxygen atoms in total. The van der Waals surface area contributed by atoms with Crippen LogP contribution in [0, 0.1) is 13.8 Å². The highest BCUT2D eigenvalue weighted by Gasteiger charge is 2.05. The van der Waals surface area contributed by atoms with Gasteiger partial charge in [0.1, 0.15) is 5.75 Å². The van der Waals surface area contributed by atoms with Gasteiger partial charge in [0.05, 0.1) is 0 Å². The third-order valence-corrected chi connectivity index (χ3v) is 4.22. The van der Waals surface area contributed by atoms with E-state index >= 15 is 0 Å². The zero-order valence-corrected chi connectivity index (χ0v) is 15.6. The van der Waals surface area contributed by atoms with Gasteiger partial charge in [-0.3, -0.25) is 20.4 Å². The largest absolute Gasteiger partial charge is 0.484 e. The van der Waals surface area contributed by atoms with Crippen LogP contribution in [-0.4, -0.2) is 18.4 Å². The van der Waals surface area contributed by atoms with E-state index in [0.29, 0.717) is 5.75 Å². The van der Waals surface area contributed by atoms with E-state index in [1.807, 2.05) is 50.2 Å². The molecule has 0 aliphatic rings. The molecule has 0 heterocycles. The summed E-state index contributed by atoms with van der Waals surface area (Å²) in [5.74, 6) is -0.285. The minimum Gasteiger partial charge on any atom is -0.484 e. The van der Waals surface area contributed by atoms with E-state index in [2.05, 4.69) is 26.8 Å². The van der Waals surface area contributed by atoms with Gasteiger partial charge in [0.15, 0.2) is 6.61 Å². The van der Waals surface area contributed by atoms with Crippen molar-refractivity contribution in [3.63, 3.8) is 0 Å². The van der Waals surface area contributed by atoms with Crippen LogP contribution in [0.25, 0.3) is 6.08 Å². The molecule has 2 aromatic rings. The average Bonchev–Trinajstić information content (AvgIpc) is 2.60. The summed E-state index contributed by atoms with van der Waals surface area (Å²) in [6.07, 6.45) is 3.02. The van der Waals surface area contributed by atoms with Gasteiger partial charge in [0.2, 0.25) is 0 Å². The topological polar surface area (TPSA) is 67.4 Å². The fourth-order valence-electron chi connectivity index (χ4n) is 1.91. The van der Waals surface area contributed by atoms with Crippen LogP contribution in [0.1, 0.15) is 16.7 Å². The number of hydrazine groups is 1. The second kappa shape index (κ2) is 9.03. The molecule has 0 atom stereocenters. The van der Waals surface area contributed by atoms with Gasteiger partial charge >= 0.3 is 0 Å². The standard InChI is InChI=1S/C19H19BrN2O3/c1-13-3-5-15(6-4-13)7-10-18(23)21-22-19(24)12-25-16-8-9-17(20)14(2)11-16/h3-11H,12H2,1-2H3,(H,21,23)(H,22,24). The zero-order chi connectivity index (χ0) is 18.2. The molecule has 2 amide bonds. The van der Waals surface area contributed by atoms with Crippen LogP contribution >= 0.6 is 15.9 Å². The number of hydrogen-bond donors (Lipinski definition) is 2. The van der Waals surface area contributed by atoms with Gasteiger partial charge in [-0.2, -0.15) is 0 Å². The first-order valence-electron chi connectivity index (χ1n) is 7.66. The predicted molar refractivity (Wildman–Crippen MR) is 101 cm³/mol. The summed E-state index contributed by atoms with van der Waals surface area (Å²) in [5.41, 5.74) is 7.67. The lowest BCUT2D eigenvalue weighted by molar-refractivity contribution is -0.128. The molecule has 0 bridgehead atoms. The third kappa shape index (κ3) is 6.43. The second-order valence-electron chi connectivity index (χ2n) is 5.48. The quantitative estimate of drug-likeness (QED) is 0.595. The van der Waals surface area contributed by atoms with Gasteiger partial charge in [0, 0.05) is 10.5 Å². The Hall–Kier alpha value is -2.60. The van der Waals surface area contributed by atoms with Gasteiger partial charge in [0.25, 0.3) is 11.8 Å². The molecule has 0 spiro atoms. The lowest BCUT2D eigenvalue weighted by atomic mass is 10.1. The number of carbonyl (C=O) groups excluding carboxylic acids is 2. The van der Waals surface area contributed by atoms with Gasteiger partial charge < -0.3 is 4.74 Å². The Labute approximate surface area is 155 Å². The Bertz CT molecular complexity index is 786. The lowest BCUT2D eigenvalue weighted by Gasteiger charge is -2.08. The highest BCUT2D eigenvalue weighted by atomic mass is 79.9.